The quantitative estimate of drug-likeness (QED) is 0.778. The summed E-state index contributed by atoms with van der Waals surface area (Å²) >= 11 is 0. The second-order valence-corrected chi connectivity index (χ2v) is 9.31. The number of piperidine rings is 3. The molecule has 1 aromatic rings. The summed E-state index contributed by atoms with van der Waals surface area (Å²) in [5.74, 6) is 0.162. The molecule has 3 fully saturated rings. The number of amides is 1. The van der Waals surface area contributed by atoms with Gasteiger partial charge in [0.25, 0.3) is 5.91 Å². The first kappa shape index (κ1) is 20.7. The van der Waals surface area contributed by atoms with Gasteiger partial charge >= 0.3 is 0 Å². The van der Waals surface area contributed by atoms with Crippen LogP contribution in [0, 0.1) is 0 Å². The molecule has 3 heterocycles. The van der Waals surface area contributed by atoms with Crippen molar-refractivity contribution >= 4 is 11.6 Å². The highest BCUT2D eigenvalue weighted by molar-refractivity contribution is 5.94. The van der Waals surface area contributed by atoms with Gasteiger partial charge in [-0.05, 0) is 96.0 Å². The van der Waals surface area contributed by atoms with Gasteiger partial charge in [-0.3, -0.25) is 4.79 Å². The van der Waals surface area contributed by atoms with Crippen molar-refractivity contribution in [3.63, 3.8) is 0 Å². The SMILES string of the molecule is CN1CCC(N(C)C(=O)c2ccc(N3CCC(N4CCCCC4)CC3)cc2)CC1. The molecule has 3 aliphatic rings. The van der Waals surface area contributed by atoms with Crippen molar-refractivity contribution in [3.05, 3.63) is 29.8 Å². The Bertz CT molecular complexity index is 654. The molecule has 0 saturated carbocycles. The molecule has 0 aromatic heterocycles. The Hall–Kier alpha value is -1.59. The van der Waals surface area contributed by atoms with Crippen molar-refractivity contribution in [1.29, 1.82) is 0 Å². The van der Waals surface area contributed by atoms with Crippen LogP contribution in [0.25, 0.3) is 0 Å². The Morgan fingerprint density at radius 1 is 0.862 bits per heavy atom. The Morgan fingerprint density at radius 3 is 2.10 bits per heavy atom. The number of rotatable bonds is 4. The summed E-state index contributed by atoms with van der Waals surface area (Å²) < 4.78 is 0. The van der Waals surface area contributed by atoms with Crippen LogP contribution in [0.3, 0.4) is 0 Å². The van der Waals surface area contributed by atoms with E-state index in [0.717, 1.165) is 50.6 Å². The normalized spacial score (nSPS) is 23.3. The molecule has 0 radical (unpaired) electrons. The molecule has 1 aromatic carbocycles. The third-order valence-corrected chi connectivity index (χ3v) is 7.41. The lowest BCUT2D eigenvalue weighted by Crippen LogP contribution is -2.46. The zero-order valence-electron chi connectivity index (χ0n) is 18.4. The average molecular weight is 399 g/mol. The van der Waals surface area contributed by atoms with Gasteiger partial charge in [0.05, 0.1) is 0 Å². The molecule has 0 atom stereocenters. The molecule has 160 valence electrons. The third-order valence-electron chi connectivity index (χ3n) is 7.41. The number of hydrogen-bond acceptors (Lipinski definition) is 4. The highest BCUT2D eigenvalue weighted by Crippen LogP contribution is 2.25. The van der Waals surface area contributed by atoms with Crippen molar-refractivity contribution in [2.75, 3.05) is 58.3 Å². The van der Waals surface area contributed by atoms with Gasteiger partial charge in [0, 0.05) is 43.5 Å². The largest absolute Gasteiger partial charge is 0.371 e. The molecular formula is C24H38N4O. The van der Waals surface area contributed by atoms with Gasteiger partial charge in [0.2, 0.25) is 0 Å². The number of anilines is 1. The van der Waals surface area contributed by atoms with Crippen molar-refractivity contribution in [2.45, 2.75) is 57.0 Å². The van der Waals surface area contributed by atoms with E-state index in [4.69, 9.17) is 0 Å². The maximum Gasteiger partial charge on any atom is 0.253 e. The summed E-state index contributed by atoms with van der Waals surface area (Å²) in [5, 5.41) is 0. The Labute approximate surface area is 176 Å². The van der Waals surface area contributed by atoms with Gasteiger partial charge in [0.1, 0.15) is 0 Å². The van der Waals surface area contributed by atoms with Gasteiger partial charge in [0.15, 0.2) is 0 Å². The van der Waals surface area contributed by atoms with E-state index in [0.29, 0.717) is 6.04 Å². The van der Waals surface area contributed by atoms with E-state index in [9.17, 15) is 4.79 Å². The molecule has 0 N–H and O–H groups in total. The van der Waals surface area contributed by atoms with Crippen LogP contribution < -0.4 is 4.90 Å². The standard InChI is InChI=1S/C24H38N4O/c1-25-16-10-21(11-17-25)26(2)24(29)20-6-8-22(9-7-20)28-18-12-23(13-19-28)27-14-4-3-5-15-27/h6-9,21,23H,3-5,10-19H2,1-2H3. The van der Waals surface area contributed by atoms with Crippen molar-refractivity contribution in [3.8, 4) is 0 Å². The summed E-state index contributed by atoms with van der Waals surface area (Å²) in [6.45, 7) is 7.01. The van der Waals surface area contributed by atoms with Crippen LogP contribution in [-0.2, 0) is 0 Å². The number of benzene rings is 1. The van der Waals surface area contributed by atoms with Crippen molar-refractivity contribution in [2.24, 2.45) is 0 Å². The molecule has 1 amide bonds. The van der Waals surface area contributed by atoms with Crippen LogP contribution in [-0.4, -0.2) is 86.1 Å². The number of hydrogen-bond donors (Lipinski definition) is 0. The first-order valence-electron chi connectivity index (χ1n) is 11.7. The fraction of sp³-hybridized carbons (Fsp3) is 0.708. The second kappa shape index (κ2) is 9.48. The van der Waals surface area contributed by atoms with Crippen LogP contribution >= 0.6 is 0 Å². The minimum absolute atomic E-state index is 0.162. The smallest absolute Gasteiger partial charge is 0.253 e. The number of likely N-dealkylation sites (tertiary alicyclic amines) is 2. The van der Waals surface area contributed by atoms with E-state index in [1.54, 1.807) is 0 Å². The highest BCUT2D eigenvalue weighted by atomic mass is 16.2. The topological polar surface area (TPSA) is 30.0 Å². The maximum atomic E-state index is 12.9. The van der Waals surface area contributed by atoms with Gasteiger partial charge in [-0.1, -0.05) is 6.42 Å². The van der Waals surface area contributed by atoms with Crippen molar-refractivity contribution in [1.82, 2.24) is 14.7 Å². The fourth-order valence-electron chi connectivity index (χ4n) is 5.34. The van der Waals surface area contributed by atoms with E-state index < -0.39 is 0 Å². The van der Waals surface area contributed by atoms with E-state index in [1.807, 2.05) is 24.1 Å². The maximum absolute atomic E-state index is 12.9. The zero-order chi connectivity index (χ0) is 20.2. The lowest BCUT2D eigenvalue weighted by Gasteiger charge is -2.41. The minimum atomic E-state index is 0.162. The highest BCUT2D eigenvalue weighted by Gasteiger charge is 2.27. The van der Waals surface area contributed by atoms with Crippen LogP contribution in [0.4, 0.5) is 5.69 Å². The van der Waals surface area contributed by atoms with Gasteiger partial charge in [-0.2, -0.15) is 0 Å². The molecule has 0 bridgehead atoms. The summed E-state index contributed by atoms with van der Waals surface area (Å²) in [6, 6.07) is 9.50. The molecule has 0 aliphatic carbocycles. The third kappa shape index (κ3) is 4.95. The predicted molar refractivity (Wildman–Crippen MR) is 120 cm³/mol. The Kier molecular flexibility index (Phi) is 6.76. The average Bonchev–Trinajstić information content (AvgIpc) is 2.79. The summed E-state index contributed by atoms with van der Waals surface area (Å²) in [4.78, 5) is 22.5. The monoisotopic (exact) mass is 398 g/mol. The van der Waals surface area contributed by atoms with Gasteiger partial charge < -0.3 is 19.6 Å². The van der Waals surface area contributed by atoms with Gasteiger partial charge in [-0.25, -0.2) is 0 Å². The molecule has 3 saturated heterocycles. The lowest BCUT2D eigenvalue weighted by atomic mass is 9.99. The molecule has 29 heavy (non-hydrogen) atoms. The van der Waals surface area contributed by atoms with Crippen molar-refractivity contribution < 1.29 is 4.79 Å². The van der Waals surface area contributed by atoms with Gasteiger partial charge in [-0.15, -0.1) is 0 Å². The van der Waals surface area contributed by atoms with Crippen LogP contribution in [0.5, 0.6) is 0 Å². The predicted octanol–water partition coefficient (Wildman–Crippen LogP) is 3.31. The molecule has 0 unspecified atom stereocenters. The molecule has 5 nitrogen and oxygen atoms in total. The molecule has 4 rings (SSSR count). The number of carbonyl (C=O) groups excluding carboxylic acids is 1. The van der Waals surface area contributed by atoms with E-state index in [1.165, 1.54) is 50.9 Å². The van der Waals surface area contributed by atoms with E-state index in [-0.39, 0.29) is 5.91 Å². The van der Waals surface area contributed by atoms with E-state index >= 15 is 0 Å². The number of carbonyl (C=O) groups is 1. The summed E-state index contributed by atoms with van der Waals surface area (Å²) in [6.07, 6.45) is 8.83. The first-order chi connectivity index (χ1) is 14.1. The minimum Gasteiger partial charge on any atom is -0.371 e. The number of nitrogens with zero attached hydrogens (tertiary/aromatic N) is 4. The Balaban J connectivity index is 1.30. The molecule has 3 aliphatic heterocycles. The zero-order valence-corrected chi connectivity index (χ0v) is 18.4. The fourth-order valence-corrected chi connectivity index (χ4v) is 5.34. The van der Waals surface area contributed by atoms with E-state index in [2.05, 4.69) is 33.9 Å². The molecule has 0 spiro atoms. The van der Waals surface area contributed by atoms with Crippen LogP contribution in [0.1, 0.15) is 55.3 Å². The molecule has 5 heteroatoms. The summed E-state index contributed by atoms with van der Waals surface area (Å²) in [5.41, 5.74) is 2.08. The Morgan fingerprint density at radius 2 is 1.48 bits per heavy atom. The summed E-state index contributed by atoms with van der Waals surface area (Å²) in [7, 11) is 4.13. The molecular weight excluding hydrogens is 360 g/mol. The van der Waals surface area contributed by atoms with Crippen LogP contribution in [0.2, 0.25) is 0 Å². The lowest BCUT2D eigenvalue weighted by molar-refractivity contribution is 0.0659. The van der Waals surface area contributed by atoms with Crippen LogP contribution in [0.15, 0.2) is 24.3 Å². The first-order valence-corrected chi connectivity index (χ1v) is 11.7. The second-order valence-electron chi connectivity index (χ2n) is 9.31.